The highest BCUT2D eigenvalue weighted by molar-refractivity contribution is 5.04. The Morgan fingerprint density at radius 2 is 2.44 bits per heavy atom. The highest BCUT2D eigenvalue weighted by Gasteiger charge is 1.89. The van der Waals surface area contributed by atoms with Crippen LogP contribution >= 0.6 is 0 Å². The molecule has 0 unspecified atom stereocenters. The second-order valence-electron chi connectivity index (χ2n) is 1.49. The Labute approximate surface area is 51.9 Å². The van der Waals surface area contributed by atoms with E-state index in [1.165, 1.54) is 25.5 Å². The van der Waals surface area contributed by atoms with Crippen LogP contribution in [0.2, 0.25) is 0 Å². The molecule has 0 saturated heterocycles. The van der Waals surface area contributed by atoms with Crippen molar-refractivity contribution in [3.8, 4) is 5.95 Å². The lowest BCUT2D eigenvalue weighted by atomic mass is 10.5. The molecule has 0 atom stereocenters. The monoisotopic (exact) mass is 126 g/mol. The first-order valence-electron chi connectivity index (χ1n) is 2.46. The average Bonchev–Trinajstić information content (AvgIpc) is 1.88. The Hall–Kier alpha value is -1.25. The van der Waals surface area contributed by atoms with Gasteiger partial charge in [0.25, 0.3) is 5.95 Å². The third kappa shape index (κ3) is 1.32. The van der Waals surface area contributed by atoms with Gasteiger partial charge in [-0.3, -0.25) is 4.79 Å². The minimum Gasteiger partial charge on any atom is -0.468 e. The predicted octanol–water partition coefficient (Wildman–Crippen LogP) is 0.648. The Kier molecular flexibility index (Phi) is 1.53. The van der Waals surface area contributed by atoms with E-state index in [-0.39, 0.29) is 11.4 Å². The van der Waals surface area contributed by atoms with Crippen LogP contribution in [0.15, 0.2) is 27.6 Å². The van der Waals surface area contributed by atoms with Gasteiger partial charge >= 0.3 is 0 Å². The molecule has 0 bridgehead atoms. The van der Waals surface area contributed by atoms with Gasteiger partial charge in [0.05, 0.1) is 19.4 Å². The van der Waals surface area contributed by atoms with Crippen molar-refractivity contribution in [2.45, 2.75) is 0 Å². The van der Waals surface area contributed by atoms with Crippen molar-refractivity contribution in [1.29, 1.82) is 0 Å². The van der Waals surface area contributed by atoms with Crippen molar-refractivity contribution in [3.05, 3.63) is 28.6 Å². The molecule has 0 amide bonds. The molecule has 3 nitrogen and oxygen atoms in total. The molecule has 1 rings (SSSR count). The van der Waals surface area contributed by atoms with Gasteiger partial charge in [-0.25, -0.2) is 0 Å². The number of methoxy groups -OCH3 is 1. The molecule has 0 spiro atoms. The van der Waals surface area contributed by atoms with Crippen molar-refractivity contribution in [3.63, 3.8) is 0 Å². The van der Waals surface area contributed by atoms with Gasteiger partial charge in [-0.15, -0.1) is 0 Å². The summed E-state index contributed by atoms with van der Waals surface area (Å²) in [5.74, 6) is 0.238. The summed E-state index contributed by atoms with van der Waals surface area (Å²) in [4.78, 5) is 10.5. The summed E-state index contributed by atoms with van der Waals surface area (Å²) < 4.78 is 9.36. The smallest absolute Gasteiger partial charge is 0.287 e. The van der Waals surface area contributed by atoms with Crippen LogP contribution < -0.4 is 10.2 Å². The van der Waals surface area contributed by atoms with Crippen LogP contribution in [-0.4, -0.2) is 7.11 Å². The van der Waals surface area contributed by atoms with E-state index in [4.69, 9.17) is 4.42 Å². The van der Waals surface area contributed by atoms with E-state index in [1.54, 1.807) is 0 Å². The summed E-state index contributed by atoms with van der Waals surface area (Å²) >= 11 is 0. The molecule has 1 aromatic heterocycles. The standard InChI is InChI=1S/C6H6O3/c1-8-6-4-5(7)2-3-9-6/h2-4H,1H3. The molecule has 0 saturated carbocycles. The van der Waals surface area contributed by atoms with Crippen molar-refractivity contribution in [2.75, 3.05) is 7.11 Å². The molecule has 0 fully saturated rings. The van der Waals surface area contributed by atoms with E-state index in [9.17, 15) is 4.79 Å². The molecular formula is C6H6O3. The van der Waals surface area contributed by atoms with Crippen molar-refractivity contribution in [1.82, 2.24) is 0 Å². The van der Waals surface area contributed by atoms with Crippen LogP contribution in [0, 0.1) is 0 Å². The lowest BCUT2D eigenvalue weighted by Gasteiger charge is -1.92. The van der Waals surface area contributed by atoms with Gasteiger partial charge in [0.1, 0.15) is 0 Å². The van der Waals surface area contributed by atoms with Crippen LogP contribution in [0.1, 0.15) is 0 Å². The topological polar surface area (TPSA) is 39.4 Å². The maximum Gasteiger partial charge on any atom is 0.287 e. The molecule has 0 aliphatic rings. The second kappa shape index (κ2) is 2.35. The first kappa shape index (κ1) is 5.88. The van der Waals surface area contributed by atoms with Crippen molar-refractivity contribution < 1.29 is 9.15 Å². The number of hydrogen-bond donors (Lipinski definition) is 0. The SMILES string of the molecule is COc1cc(=O)cco1. The second-order valence-corrected chi connectivity index (χ2v) is 1.49. The van der Waals surface area contributed by atoms with E-state index in [1.807, 2.05) is 0 Å². The molecule has 1 heterocycles. The largest absolute Gasteiger partial charge is 0.468 e. The summed E-state index contributed by atoms with van der Waals surface area (Å²) in [6.45, 7) is 0. The zero-order valence-corrected chi connectivity index (χ0v) is 4.96. The Morgan fingerprint density at radius 1 is 1.67 bits per heavy atom. The molecule has 0 aliphatic carbocycles. The quantitative estimate of drug-likeness (QED) is 0.554. The zero-order chi connectivity index (χ0) is 6.69. The normalized spacial score (nSPS) is 9.00. The van der Waals surface area contributed by atoms with Crippen molar-refractivity contribution in [2.24, 2.45) is 0 Å². The Morgan fingerprint density at radius 3 is 2.89 bits per heavy atom. The van der Waals surface area contributed by atoms with Crippen LogP contribution in [0.3, 0.4) is 0 Å². The molecule has 0 N–H and O–H groups in total. The first-order valence-corrected chi connectivity index (χ1v) is 2.46. The highest BCUT2D eigenvalue weighted by atomic mass is 16.6. The fraction of sp³-hybridized carbons (Fsp3) is 0.167. The van der Waals surface area contributed by atoms with E-state index in [0.29, 0.717) is 0 Å². The highest BCUT2D eigenvalue weighted by Crippen LogP contribution is 2.02. The Bertz CT molecular complexity index is 238. The molecule has 0 aromatic carbocycles. The van der Waals surface area contributed by atoms with Gasteiger partial charge in [-0.05, 0) is 0 Å². The first-order chi connectivity index (χ1) is 4.33. The van der Waals surface area contributed by atoms with Gasteiger partial charge in [0.2, 0.25) is 0 Å². The summed E-state index contributed by atoms with van der Waals surface area (Å²) in [6, 6.07) is 2.60. The maximum atomic E-state index is 10.5. The number of ether oxygens (including phenoxy) is 1. The minimum atomic E-state index is -0.113. The predicted molar refractivity (Wildman–Crippen MR) is 31.5 cm³/mol. The molecule has 0 aliphatic heterocycles. The molecule has 0 radical (unpaired) electrons. The lowest BCUT2D eigenvalue weighted by molar-refractivity contribution is 0.296. The molecular weight excluding hydrogens is 120 g/mol. The zero-order valence-electron chi connectivity index (χ0n) is 4.96. The van der Waals surface area contributed by atoms with Gasteiger partial charge in [-0.1, -0.05) is 0 Å². The molecule has 48 valence electrons. The van der Waals surface area contributed by atoms with Gasteiger partial charge < -0.3 is 9.15 Å². The minimum absolute atomic E-state index is 0.113. The van der Waals surface area contributed by atoms with Crippen LogP contribution in [-0.2, 0) is 0 Å². The van der Waals surface area contributed by atoms with Gasteiger partial charge in [0, 0.05) is 6.07 Å². The van der Waals surface area contributed by atoms with E-state index in [2.05, 4.69) is 4.74 Å². The molecule has 3 heteroatoms. The summed E-state index contributed by atoms with van der Waals surface area (Å²) in [5.41, 5.74) is -0.113. The van der Waals surface area contributed by atoms with Gasteiger partial charge in [-0.2, -0.15) is 0 Å². The number of hydrogen-bond acceptors (Lipinski definition) is 3. The van der Waals surface area contributed by atoms with Crippen LogP contribution in [0.4, 0.5) is 0 Å². The number of rotatable bonds is 1. The molecule has 9 heavy (non-hydrogen) atoms. The van der Waals surface area contributed by atoms with E-state index < -0.39 is 0 Å². The van der Waals surface area contributed by atoms with Crippen molar-refractivity contribution >= 4 is 0 Å². The lowest BCUT2D eigenvalue weighted by Crippen LogP contribution is -1.95. The summed E-state index contributed by atoms with van der Waals surface area (Å²) in [6.07, 6.45) is 1.29. The Balaban J connectivity index is 3.08. The fourth-order valence-corrected chi connectivity index (χ4v) is 0.473. The molecule has 1 aromatic rings. The van der Waals surface area contributed by atoms with E-state index >= 15 is 0 Å². The maximum absolute atomic E-state index is 10.5. The third-order valence-electron chi connectivity index (χ3n) is 0.878. The van der Waals surface area contributed by atoms with Crippen LogP contribution in [0.5, 0.6) is 5.95 Å². The van der Waals surface area contributed by atoms with E-state index in [0.717, 1.165) is 0 Å². The summed E-state index contributed by atoms with van der Waals surface area (Å²) in [5, 5.41) is 0. The summed E-state index contributed by atoms with van der Waals surface area (Å²) in [7, 11) is 1.44. The van der Waals surface area contributed by atoms with Crippen LogP contribution in [0.25, 0.3) is 0 Å². The third-order valence-corrected chi connectivity index (χ3v) is 0.878. The average molecular weight is 126 g/mol. The fourth-order valence-electron chi connectivity index (χ4n) is 0.473. The van der Waals surface area contributed by atoms with Gasteiger partial charge in [0.15, 0.2) is 5.43 Å².